The Labute approximate surface area is 123 Å². The minimum absolute atomic E-state index is 0.0396. The van der Waals surface area contributed by atoms with Crippen LogP contribution in [0.25, 0.3) is 0 Å². The van der Waals surface area contributed by atoms with Crippen molar-refractivity contribution in [2.75, 3.05) is 33.2 Å². The first-order valence-electron chi connectivity index (χ1n) is 6.93. The van der Waals surface area contributed by atoms with E-state index in [4.69, 9.17) is 5.73 Å². The number of non-ortho nitro benzene ring substituents is 1. The zero-order chi connectivity index (χ0) is 15.4. The predicted octanol–water partition coefficient (Wildman–Crippen LogP) is 0.239. The molecule has 0 aliphatic carbocycles. The van der Waals surface area contributed by atoms with E-state index in [2.05, 4.69) is 4.90 Å². The van der Waals surface area contributed by atoms with E-state index in [0.717, 1.165) is 18.7 Å². The SMILES string of the molecule is CN1CCN(C(=O)C(N)Cc2ccc([N+](=O)[O-])cc2)CC1. The summed E-state index contributed by atoms with van der Waals surface area (Å²) in [6, 6.07) is 5.56. The van der Waals surface area contributed by atoms with E-state index in [0.29, 0.717) is 19.5 Å². The number of nitro groups is 1. The maximum absolute atomic E-state index is 12.3. The number of piperazine rings is 1. The number of nitrogens with zero attached hydrogens (tertiary/aromatic N) is 3. The standard InChI is InChI=1S/C14H20N4O3/c1-16-6-8-17(9-7-16)14(19)13(15)10-11-2-4-12(5-3-11)18(20)21/h2-5,13H,6-10,15H2,1H3. The minimum atomic E-state index is -0.602. The van der Waals surface area contributed by atoms with Crippen molar-refractivity contribution in [2.45, 2.75) is 12.5 Å². The van der Waals surface area contributed by atoms with Gasteiger partial charge < -0.3 is 15.5 Å². The van der Waals surface area contributed by atoms with Crippen LogP contribution in [0.4, 0.5) is 5.69 Å². The number of rotatable bonds is 4. The number of likely N-dealkylation sites (N-methyl/N-ethyl adjacent to an activating group) is 1. The van der Waals surface area contributed by atoms with Crippen molar-refractivity contribution >= 4 is 11.6 Å². The maximum atomic E-state index is 12.3. The lowest BCUT2D eigenvalue weighted by Gasteiger charge is -2.33. The summed E-state index contributed by atoms with van der Waals surface area (Å²) >= 11 is 0. The topological polar surface area (TPSA) is 92.7 Å². The molecule has 1 fully saturated rings. The van der Waals surface area contributed by atoms with Crippen molar-refractivity contribution < 1.29 is 9.72 Å². The van der Waals surface area contributed by atoms with E-state index in [1.165, 1.54) is 12.1 Å². The molecule has 2 rings (SSSR count). The summed E-state index contributed by atoms with van der Waals surface area (Å²) in [5.74, 6) is -0.0542. The highest BCUT2D eigenvalue weighted by Gasteiger charge is 2.24. The molecule has 0 radical (unpaired) electrons. The summed E-state index contributed by atoms with van der Waals surface area (Å²) in [7, 11) is 2.03. The first kappa shape index (κ1) is 15.4. The molecule has 7 nitrogen and oxygen atoms in total. The van der Waals surface area contributed by atoms with Gasteiger partial charge in [-0.25, -0.2) is 0 Å². The number of hydrogen-bond acceptors (Lipinski definition) is 5. The third kappa shape index (κ3) is 3.99. The van der Waals surface area contributed by atoms with Gasteiger partial charge in [0, 0.05) is 38.3 Å². The van der Waals surface area contributed by atoms with Gasteiger partial charge in [-0.3, -0.25) is 14.9 Å². The zero-order valence-corrected chi connectivity index (χ0v) is 12.1. The van der Waals surface area contributed by atoms with Gasteiger partial charge >= 0.3 is 0 Å². The van der Waals surface area contributed by atoms with Crippen LogP contribution in [0.15, 0.2) is 24.3 Å². The van der Waals surface area contributed by atoms with Crippen molar-refractivity contribution in [2.24, 2.45) is 5.73 Å². The van der Waals surface area contributed by atoms with Crippen LogP contribution in [0.2, 0.25) is 0 Å². The third-order valence-electron chi connectivity index (χ3n) is 3.73. The third-order valence-corrected chi connectivity index (χ3v) is 3.73. The molecule has 114 valence electrons. The maximum Gasteiger partial charge on any atom is 0.269 e. The fraction of sp³-hybridized carbons (Fsp3) is 0.500. The van der Waals surface area contributed by atoms with E-state index in [-0.39, 0.29) is 11.6 Å². The van der Waals surface area contributed by atoms with Gasteiger partial charge in [0.2, 0.25) is 5.91 Å². The Kier molecular flexibility index (Phi) is 4.87. The van der Waals surface area contributed by atoms with Gasteiger partial charge in [-0.1, -0.05) is 12.1 Å². The molecule has 0 spiro atoms. The smallest absolute Gasteiger partial charge is 0.269 e. The predicted molar refractivity (Wildman–Crippen MR) is 78.9 cm³/mol. The van der Waals surface area contributed by atoms with E-state index in [1.807, 2.05) is 7.05 Å². The van der Waals surface area contributed by atoms with Gasteiger partial charge in [0.25, 0.3) is 5.69 Å². The molecular formula is C14H20N4O3. The average Bonchev–Trinajstić information content (AvgIpc) is 2.47. The largest absolute Gasteiger partial charge is 0.339 e. The van der Waals surface area contributed by atoms with E-state index in [1.54, 1.807) is 17.0 Å². The molecule has 1 unspecified atom stereocenters. The van der Waals surface area contributed by atoms with Crippen LogP contribution in [-0.2, 0) is 11.2 Å². The molecule has 1 aliphatic heterocycles. The summed E-state index contributed by atoms with van der Waals surface area (Å²) in [4.78, 5) is 26.4. The number of benzene rings is 1. The lowest BCUT2D eigenvalue weighted by molar-refractivity contribution is -0.384. The lowest BCUT2D eigenvalue weighted by Crippen LogP contribution is -2.52. The van der Waals surface area contributed by atoms with Crippen molar-refractivity contribution in [3.05, 3.63) is 39.9 Å². The zero-order valence-electron chi connectivity index (χ0n) is 12.1. The number of nitro benzene ring substituents is 1. The average molecular weight is 292 g/mol. The Hall–Kier alpha value is -1.99. The molecule has 1 amide bonds. The van der Waals surface area contributed by atoms with Crippen LogP contribution in [-0.4, -0.2) is 59.9 Å². The van der Waals surface area contributed by atoms with Gasteiger partial charge in [0.15, 0.2) is 0 Å². The Morgan fingerprint density at radius 2 is 1.86 bits per heavy atom. The summed E-state index contributed by atoms with van der Waals surface area (Å²) < 4.78 is 0. The molecule has 0 aromatic heterocycles. The highest BCUT2D eigenvalue weighted by atomic mass is 16.6. The van der Waals surface area contributed by atoms with Crippen molar-refractivity contribution in [3.63, 3.8) is 0 Å². The molecule has 1 heterocycles. The quantitative estimate of drug-likeness (QED) is 0.634. The van der Waals surface area contributed by atoms with Gasteiger partial charge in [0.1, 0.15) is 0 Å². The van der Waals surface area contributed by atoms with Crippen LogP contribution in [0.5, 0.6) is 0 Å². The van der Waals surface area contributed by atoms with E-state index in [9.17, 15) is 14.9 Å². The lowest BCUT2D eigenvalue weighted by atomic mass is 10.0. The van der Waals surface area contributed by atoms with Gasteiger partial charge in [-0.2, -0.15) is 0 Å². The summed E-state index contributed by atoms with van der Waals surface area (Å²) in [6.07, 6.45) is 0.392. The van der Waals surface area contributed by atoms with Crippen molar-refractivity contribution in [1.82, 2.24) is 9.80 Å². The fourth-order valence-electron chi connectivity index (χ4n) is 2.36. The second-order valence-electron chi connectivity index (χ2n) is 5.36. The van der Waals surface area contributed by atoms with Gasteiger partial charge in [-0.05, 0) is 19.0 Å². The molecule has 0 bridgehead atoms. The molecule has 1 saturated heterocycles. The Morgan fingerprint density at radius 3 is 2.38 bits per heavy atom. The number of hydrogen-bond donors (Lipinski definition) is 1. The normalized spacial score (nSPS) is 17.5. The highest BCUT2D eigenvalue weighted by molar-refractivity contribution is 5.82. The van der Waals surface area contributed by atoms with Gasteiger partial charge in [0.05, 0.1) is 11.0 Å². The Balaban J connectivity index is 1.92. The molecule has 21 heavy (non-hydrogen) atoms. The molecule has 7 heteroatoms. The summed E-state index contributed by atoms with van der Waals surface area (Å²) in [6.45, 7) is 3.11. The first-order chi connectivity index (χ1) is 9.97. The van der Waals surface area contributed by atoms with Crippen LogP contribution < -0.4 is 5.73 Å². The summed E-state index contributed by atoms with van der Waals surface area (Å²) in [5, 5.41) is 10.6. The molecule has 1 atom stereocenters. The molecule has 1 aromatic rings. The van der Waals surface area contributed by atoms with Crippen molar-refractivity contribution in [3.8, 4) is 0 Å². The second-order valence-corrected chi connectivity index (χ2v) is 5.36. The molecule has 0 saturated carbocycles. The minimum Gasteiger partial charge on any atom is -0.339 e. The van der Waals surface area contributed by atoms with Crippen LogP contribution >= 0.6 is 0 Å². The fourth-order valence-corrected chi connectivity index (χ4v) is 2.36. The second kappa shape index (κ2) is 6.64. The molecule has 2 N–H and O–H groups in total. The number of nitrogens with two attached hydrogens (primary N) is 1. The first-order valence-corrected chi connectivity index (χ1v) is 6.93. The van der Waals surface area contributed by atoms with E-state index >= 15 is 0 Å². The Bertz CT molecular complexity index is 509. The van der Waals surface area contributed by atoms with Crippen LogP contribution in [0.1, 0.15) is 5.56 Å². The molecular weight excluding hydrogens is 272 g/mol. The van der Waals surface area contributed by atoms with Gasteiger partial charge in [-0.15, -0.1) is 0 Å². The molecule has 1 aliphatic rings. The van der Waals surface area contributed by atoms with Crippen LogP contribution in [0.3, 0.4) is 0 Å². The number of carbonyl (C=O) groups excluding carboxylic acids is 1. The molecule has 1 aromatic carbocycles. The van der Waals surface area contributed by atoms with E-state index < -0.39 is 11.0 Å². The van der Waals surface area contributed by atoms with Crippen molar-refractivity contribution in [1.29, 1.82) is 0 Å². The van der Waals surface area contributed by atoms with Crippen LogP contribution in [0, 0.1) is 10.1 Å². The highest BCUT2D eigenvalue weighted by Crippen LogP contribution is 2.13. The Morgan fingerprint density at radius 1 is 1.29 bits per heavy atom. The number of amides is 1. The number of carbonyl (C=O) groups is 1. The summed E-state index contributed by atoms with van der Waals surface area (Å²) in [5.41, 5.74) is 6.84. The monoisotopic (exact) mass is 292 g/mol.